The third kappa shape index (κ3) is 3.79. The summed E-state index contributed by atoms with van der Waals surface area (Å²) in [5, 5.41) is 14.0. The highest BCUT2D eigenvalue weighted by molar-refractivity contribution is 5.76. The van der Waals surface area contributed by atoms with Crippen LogP contribution in [0, 0.1) is 12.7 Å². The standard InChI is InChI=1S/C19H22FN3O2/c1-15-13-21-23(14-15)19(18(24)25)8-11-22(12-9-19)10-2-3-16-4-6-17(20)7-5-16/h2-7,13-14H,8-12H2,1H3,(H,24,25). The molecule has 0 amide bonds. The number of hydrogen-bond acceptors (Lipinski definition) is 3. The summed E-state index contributed by atoms with van der Waals surface area (Å²) in [7, 11) is 0. The molecule has 1 aromatic heterocycles. The zero-order chi connectivity index (χ0) is 17.9. The van der Waals surface area contributed by atoms with Gasteiger partial charge >= 0.3 is 5.97 Å². The predicted octanol–water partition coefficient (Wildman–Crippen LogP) is 2.92. The number of aliphatic carboxylic acids is 1. The molecule has 3 rings (SSSR count). The fourth-order valence-corrected chi connectivity index (χ4v) is 3.21. The maximum atomic E-state index is 12.9. The zero-order valence-corrected chi connectivity index (χ0v) is 14.2. The Labute approximate surface area is 146 Å². The van der Waals surface area contributed by atoms with Gasteiger partial charge in [-0.25, -0.2) is 9.18 Å². The van der Waals surface area contributed by atoms with E-state index in [4.69, 9.17) is 0 Å². The quantitative estimate of drug-likeness (QED) is 0.907. The van der Waals surface area contributed by atoms with Crippen LogP contribution in [-0.2, 0) is 10.3 Å². The van der Waals surface area contributed by atoms with Crippen LogP contribution in [-0.4, -0.2) is 45.4 Å². The van der Waals surface area contributed by atoms with Gasteiger partial charge in [0.15, 0.2) is 5.54 Å². The second kappa shape index (κ2) is 7.19. The SMILES string of the molecule is Cc1cnn(C2(C(=O)O)CCN(CC=Cc3ccc(F)cc3)CC2)c1. The van der Waals surface area contributed by atoms with E-state index in [1.54, 1.807) is 29.2 Å². The average Bonchev–Trinajstić information content (AvgIpc) is 3.04. The molecule has 1 saturated heterocycles. The molecule has 0 unspecified atom stereocenters. The summed E-state index contributed by atoms with van der Waals surface area (Å²) in [5.74, 6) is -1.07. The van der Waals surface area contributed by atoms with Crippen molar-refractivity contribution in [3.05, 3.63) is 59.7 Å². The van der Waals surface area contributed by atoms with Gasteiger partial charge in [0, 0.05) is 25.8 Å². The number of hydrogen-bond donors (Lipinski definition) is 1. The Morgan fingerprint density at radius 1 is 1.32 bits per heavy atom. The van der Waals surface area contributed by atoms with Crippen molar-refractivity contribution < 1.29 is 14.3 Å². The van der Waals surface area contributed by atoms with Gasteiger partial charge in [0.05, 0.1) is 6.20 Å². The number of halogens is 1. The van der Waals surface area contributed by atoms with Gasteiger partial charge in [0.25, 0.3) is 0 Å². The zero-order valence-electron chi connectivity index (χ0n) is 14.2. The van der Waals surface area contributed by atoms with Crippen LogP contribution in [0.1, 0.15) is 24.0 Å². The van der Waals surface area contributed by atoms with Crippen LogP contribution in [0.2, 0.25) is 0 Å². The van der Waals surface area contributed by atoms with Crippen molar-refractivity contribution in [2.45, 2.75) is 25.3 Å². The van der Waals surface area contributed by atoms with E-state index in [1.807, 2.05) is 19.1 Å². The van der Waals surface area contributed by atoms with E-state index in [2.05, 4.69) is 10.00 Å². The number of carboxylic acids is 1. The molecule has 0 saturated carbocycles. The Balaban J connectivity index is 1.60. The maximum Gasteiger partial charge on any atom is 0.331 e. The number of piperidine rings is 1. The van der Waals surface area contributed by atoms with E-state index < -0.39 is 11.5 Å². The van der Waals surface area contributed by atoms with Gasteiger partial charge in [-0.05, 0) is 43.0 Å². The van der Waals surface area contributed by atoms with Gasteiger partial charge < -0.3 is 5.11 Å². The molecule has 25 heavy (non-hydrogen) atoms. The van der Waals surface area contributed by atoms with Crippen LogP contribution in [0.25, 0.3) is 6.08 Å². The number of nitrogens with zero attached hydrogens (tertiary/aromatic N) is 3. The molecule has 1 fully saturated rings. The molecule has 1 aromatic carbocycles. The number of carbonyl (C=O) groups is 1. The summed E-state index contributed by atoms with van der Waals surface area (Å²) >= 11 is 0. The molecule has 0 bridgehead atoms. The molecule has 0 spiro atoms. The van der Waals surface area contributed by atoms with Gasteiger partial charge in [0.2, 0.25) is 0 Å². The fourth-order valence-electron chi connectivity index (χ4n) is 3.21. The number of likely N-dealkylation sites (tertiary alicyclic amines) is 1. The van der Waals surface area contributed by atoms with Gasteiger partial charge in [-0.3, -0.25) is 9.58 Å². The minimum atomic E-state index is -0.953. The van der Waals surface area contributed by atoms with Crippen LogP contribution < -0.4 is 0 Å². The minimum Gasteiger partial charge on any atom is -0.479 e. The van der Waals surface area contributed by atoms with Crippen LogP contribution in [0.5, 0.6) is 0 Å². The first-order chi connectivity index (χ1) is 12.0. The molecule has 5 nitrogen and oxygen atoms in total. The average molecular weight is 343 g/mol. The lowest BCUT2D eigenvalue weighted by Crippen LogP contribution is -2.51. The van der Waals surface area contributed by atoms with Gasteiger partial charge in [0.1, 0.15) is 5.82 Å². The largest absolute Gasteiger partial charge is 0.479 e. The first kappa shape index (κ1) is 17.4. The molecule has 132 valence electrons. The highest BCUT2D eigenvalue weighted by Gasteiger charge is 2.43. The summed E-state index contributed by atoms with van der Waals surface area (Å²) in [5.41, 5.74) is 0.960. The molecule has 6 heteroatoms. The van der Waals surface area contributed by atoms with Gasteiger partial charge in [-0.2, -0.15) is 5.10 Å². The molecule has 0 radical (unpaired) electrons. The monoisotopic (exact) mass is 343 g/mol. The van der Waals surface area contributed by atoms with E-state index in [0.717, 1.165) is 17.7 Å². The van der Waals surface area contributed by atoms with Gasteiger partial charge in [-0.1, -0.05) is 24.3 Å². The van der Waals surface area contributed by atoms with Crippen molar-refractivity contribution in [2.75, 3.05) is 19.6 Å². The molecule has 1 N–H and O–H groups in total. The summed E-state index contributed by atoms with van der Waals surface area (Å²) in [6.07, 6.45) is 8.52. The fraction of sp³-hybridized carbons (Fsp3) is 0.368. The third-order valence-corrected chi connectivity index (χ3v) is 4.78. The molecular weight excluding hydrogens is 321 g/mol. The summed E-state index contributed by atoms with van der Waals surface area (Å²) in [4.78, 5) is 14.1. The Bertz CT molecular complexity index is 759. The number of aromatic nitrogens is 2. The van der Waals surface area contributed by atoms with Crippen LogP contribution >= 0.6 is 0 Å². The Morgan fingerprint density at radius 2 is 2.00 bits per heavy atom. The van der Waals surface area contributed by atoms with Crippen molar-refractivity contribution in [3.63, 3.8) is 0 Å². The van der Waals surface area contributed by atoms with Crippen LogP contribution in [0.3, 0.4) is 0 Å². The topological polar surface area (TPSA) is 58.4 Å². The molecule has 0 atom stereocenters. The predicted molar refractivity (Wildman–Crippen MR) is 93.7 cm³/mol. The van der Waals surface area contributed by atoms with Crippen LogP contribution in [0.15, 0.2) is 42.7 Å². The summed E-state index contributed by atoms with van der Waals surface area (Å²) in [6, 6.07) is 6.34. The van der Waals surface area contributed by atoms with E-state index in [9.17, 15) is 14.3 Å². The number of rotatable bonds is 5. The first-order valence-electron chi connectivity index (χ1n) is 8.39. The van der Waals surface area contributed by atoms with E-state index in [0.29, 0.717) is 25.9 Å². The normalized spacial score (nSPS) is 17.8. The summed E-state index contributed by atoms with van der Waals surface area (Å²) < 4.78 is 14.5. The Morgan fingerprint density at radius 3 is 2.56 bits per heavy atom. The number of benzene rings is 1. The highest BCUT2D eigenvalue weighted by atomic mass is 19.1. The second-order valence-electron chi connectivity index (χ2n) is 6.55. The highest BCUT2D eigenvalue weighted by Crippen LogP contribution is 2.30. The van der Waals surface area contributed by atoms with E-state index in [-0.39, 0.29) is 5.82 Å². The van der Waals surface area contributed by atoms with Gasteiger partial charge in [-0.15, -0.1) is 0 Å². The van der Waals surface area contributed by atoms with E-state index >= 15 is 0 Å². The Kier molecular flexibility index (Phi) is 4.99. The van der Waals surface area contributed by atoms with Crippen LogP contribution in [0.4, 0.5) is 4.39 Å². The second-order valence-corrected chi connectivity index (χ2v) is 6.55. The third-order valence-electron chi connectivity index (χ3n) is 4.78. The maximum absolute atomic E-state index is 12.9. The molecule has 1 aliphatic rings. The van der Waals surface area contributed by atoms with Crippen molar-refractivity contribution >= 4 is 12.0 Å². The number of aryl methyl sites for hydroxylation is 1. The van der Waals surface area contributed by atoms with Crippen molar-refractivity contribution in [2.24, 2.45) is 0 Å². The number of carboxylic acid groups (broad SMARTS) is 1. The lowest BCUT2D eigenvalue weighted by atomic mass is 9.87. The summed E-state index contributed by atoms with van der Waals surface area (Å²) in [6.45, 7) is 4.04. The Hall–Kier alpha value is -2.47. The lowest BCUT2D eigenvalue weighted by Gasteiger charge is -2.38. The molecule has 2 aromatic rings. The molecular formula is C19H22FN3O2. The minimum absolute atomic E-state index is 0.243. The van der Waals surface area contributed by atoms with Crippen molar-refractivity contribution in [1.29, 1.82) is 0 Å². The smallest absolute Gasteiger partial charge is 0.331 e. The first-order valence-corrected chi connectivity index (χ1v) is 8.39. The lowest BCUT2D eigenvalue weighted by molar-refractivity contribution is -0.151. The molecule has 0 aliphatic carbocycles. The molecule has 2 heterocycles. The molecule has 1 aliphatic heterocycles. The van der Waals surface area contributed by atoms with Crippen molar-refractivity contribution in [1.82, 2.24) is 14.7 Å². The van der Waals surface area contributed by atoms with E-state index in [1.165, 1.54) is 12.1 Å². The van der Waals surface area contributed by atoms with Crippen molar-refractivity contribution in [3.8, 4) is 0 Å².